The standard InChI is InChI=1S/C14H21N3O3/c18-13-4-2-1-3-7-17(13)8-5-12-15-14(16-20-12)11-6-9-19-10-11/h11H,1-10H2/t11-/m1/s1. The van der Waals surface area contributed by atoms with Crippen molar-refractivity contribution in [2.24, 2.45) is 0 Å². The van der Waals surface area contributed by atoms with Crippen LogP contribution in [0.2, 0.25) is 0 Å². The number of ether oxygens (including phenoxy) is 1. The average molecular weight is 279 g/mol. The molecule has 1 aromatic rings. The second-order valence-corrected chi connectivity index (χ2v) is 5.55. The number of amides is 1. The lowest BCUT2D eigenvalue weighted by Crippen LogP contribution is -2.32. The van der Waals surface area contributed by atoms with E-state index < -0.39 is 0 Å². The monoisotopic (exact) mass is 279 g/mol. The molecule has 6 nitrogen and oxygen atoms in total. The molecule has 2 aliphatic heterocycles. The van der Waals surface area contributed by atoms with E-state index in [2.05, 4.69) is 10.1 Å². The highest BCUT2D eigenvalue weighted by molar-refractivity contribution is 5.76. The van der Waals surface area contributed by atoms with Gasteiger partial charge in [-0.05, 0) is 19.3 Å². The minimum atomic E-state index is 0.256. The van der Waals surface area contributed by atoms with E-state index in [1.54, 1.807) is 0 Å². The average Bonchev–Trinajstić information content (AvgIpc) is 3.08. The molecule has 1 atom stereocenters. The molecule has 0 N–H and O–H groups in total. The summed E-state index contributed by atoms with van der Waals surface area (Å²) in [6.07, 6.45) is 5.54. The van der Waals surface area contributed by atoms with Crippen molar-refractivity contribution in [2.45, 2.75) is 44.4 Å². The van der Waals surface area contributed by atoms with Gasteiger partial charge in [0.15, 0.2) is 5.82 Å². The normalized spacial score (nSPS) is 24.1. The quantitative estimate of drug-likeness (QED) is 0.836. The lowest BCUT2D eigenvalue weighted by Gasteiger charge is -2.19. The minimum absolute atomic E-state index is 0.256. The summed E-state index contributed by atoms with van der Waals surface area (Å²) in [7, 11) is 0. The van der Waals surface area contributed by atoms with Gasteiger partial charge in [0.05, 0.1) is 6.61 Å². The summed E-state index contributed by atoms with van der Waals surface area (Å²) < 4.78 is 10.6. The minimum Gasteiger partial charge on any atom is -0.381 e. The summed E-state index contributed by atoms with van der Waals surface area (Å²) in [5.41, 5.74) is 0. The molecule has 0 bridgehead atoms. The molecule has 1 amide bonds. The number of rotatable bonds is 4. The molecule has 2 saturated heterocycles. The van der Waals surface area contributed by atoms with E-state index in [0.29, 0.717) is 31.9 Å². The summed E-state index contributed by atoms with van der Waals surface area (Å²) in [5, 5.41) is 4.03. The van der Waals surface area contributed by atoms with Gasteiger partial charge >= 0.3 is 0 Å². The Bertz CT molecular complexity index is 454. The summed E-state index contributed by atoms with van der Waals surface area (Å²) in [4.78, 5) is 18.2. The lowest BCUT2D eigenvalue weighted by atomic mass is 10.1. The topological polar surface area (TPSA) is 68.5 Å². The molecule has 2 aliphatic rings. The van der Waals surface area contributed by atoms with Gasteiger partial charge in [0.25, 0.3) is 0 Å². The van der Waals surface area contributed by atoms with Gasteiger partial charge in [-0.15, -0.1) is 0 Å². The van der Waals surface area contributed by atoms with Gasteiger partial charge in [-0.3, -0.25) is 4.79 Å². The summed E-state index contributed by atoms with van der Waals surface area (Å²) in [5.74, 6) is 1.90. The third kappa shape index (κ3) is 3.17. The van der Waals surface area contributed by atoms with Gasteiger partial charge in [-0.25, -0.2) is 0 Å². The Morgan fingerprint density at radius 3 is 3.10 bits per heavy atom. The van der Waals surface area contributed by atoms with Crippen molar-refractivity contribution in [2.75, 3.05) is 26.3 Å². The molecular weight excluding hydrogens is 258 g/mol. The largest absolute Gasteiger partial charge is 0.381 e. The van der Waals surface area contributed by atoms with E-state index in [9.17, 15) is 4.79 Å². The van der Waals surface area contributed by atoms with Crippen LogP contribution in [0.1, 0.15) is 49.7 Å². The number of hydrogen-bond acceptors (Lipinski definition) is 5. The molecule has 0 radical (unpaired) electrons. The van der Waals surface area contributed by atoms with Crippen molar-refractivity contribution < 1.29 is 14.1 Å². The zero-order valence-electron chi connectivity index (χ0n) is 11.7. The van der Waals surface area contributed by atoms with Gasteiger partial charge in [-0.1, -0.05) is 11.6 Å². The Morgan fingerprint density at radius 2 is 2.25 bits per heavy atom. The molecule has 2 fully saturated rings. The van der Waals surface area contributed by atoms with Crippen LogP contribution >= 0.6 is 0 Å². The second-order valence-electron chi connectivity index (χ2n) is 5.55. The number of nitrogens with zero attached hydrogens (tertiary/aromatic N) is 3. The predicted octanol–water partition coefficient (Wildman–Crippen LogP) is 1.52. The number of carbonyl (C=O) groups is 1. The maximum absolute atomic E-state index is 11.9. The first-order chi connectivity index (χ1) is 9.83. The van der Waals surface area contributed by atoms with Crippen molar-refractivity contribution in [3.05, 3.63) is 11.7 Å². The number of carbonyl (C=O) groups excluding carboxylic acids is 1. The zero-order valence-corrected chi connectivity index (χ0v) is 11.7. The highest BCUT2D eigenvalue weighted by Gasteiger charge is 2.23. The van der Waals surface area contributed by atoms with Crippen LogP contribution in [-0.2, 0) is 16.0 Å². The zero-order chi connectivity index (χ0) is 13.8. The Kier molecular flexibility index (Phi) is 4.30. The van der Waals surface area contributed by atoms with Crippen LogP contribution in [0.5, 0.6) is 0 Å². The SMILES string of the molecule is O=C1CCCCCN1CCc1nc([C@@H]2CCOC2)no1. The molecule has 1 aromatic heterocycles. The van der Waals surface area contributed by atoms with Crippen LogP contribution in [0.3, 0.4) is 0 Å². The summed E-state index contributed by atoms with van der Waals surface area (Å²) in [6, 6.07) is 0. The first-order valence-electron chi connectivity index (χ1n) is 7.51. The van der Waals surface area contributed by atoms with Gasteiger partial charge in [-0.2, -0.15) is 4.98 Å². The molecule has 0 saturated carbocycles. The molecule has 20 heavy (non-hydrogen) atoms. The summed E-state index contributed by atoms with van der Waals surface area (Å²) >= 11 is 0. The molecule has 0 unspecified atom stereocenters. The molecule has 3 heterocycles. The number of aromatic nitrogens is 2. The van der Waals surface area contributed by atoms with Crippen molar-refractivity contribution in [1.82, 2.24) is 15.0 Å². The maximum Gasteiger partial charge on any atom is 0.228 e. The van der Waals surface area contributed by atoms with Crippen LogP contribution < -0.4 is 0 Å². The number of likely N-dealkylation sites (tertiary alicyclic amines) is 1. The first-order valence-corrected chi connectivity index (χ1v) is 7.51. The predicted molar refractivity (Wildman–Crippen MR) is 71.2 cm³/mol. The molecule has 0 aromatic carbocycles. The van der Waals surface area contributed by atoms with Crippen LogP contribution in [-0.4, -0.2) is 47.3 Å². The van der Waals surface area contributed by atoms with Crippen LogP contribution in [0.25, 0.3) is 0 Å². The van der Waals surface area contributed by atoms with Crippen LogP contribution in [0.4, 0.5) is 0 Å². The highest BCUT2D eigenvalue weighted by atomic mass is 16.5. The van der Waals surface area contributed by atoms with Gasteiger partial charge in [0, 0.05) is 38.5 Å². The van der Waals surface area contributed by atoms with E-state index in [4.69, 9.17) is 9.26 Å². The van der Waals surface area contributed by atoms with E-state index in [-0.39, 0.29) is 11.8 Å². The van der Waals surface area contributed by atoms with E-state index in [1.807, 2.05) is 4.90 Å². The van der Waals surface area contributed by atoms with E-state index in [1.165, 1.54) is 0 Å². The highest BCUT2D eigenvalue weighted by Crippen LogP contribution is 2.22. The molecule has 110 valence electrons. The maximum atomic E-state index is 11.9. The Hall–Kier alpha value is -1.43. The smallest absolute Gasteiger partial charge is 0.228 e. The van der Waals surface area contributed by atoms with Crippen molar-refractivity contribution in [3.8, 4) is 0 Å². The Morgan fingerprint density at radius 1 is 1.30 bits per heavy atom. The van der Waals surface area contributed by atoms with Gasteiger partial charge < -0.3 is 14.2 Å². The second kappa shape index (κ2) is 6.35. The van der Waals surface area contributed by atoms with Crippen LogP contribution in [0, 0.1) is 0 Å². The molecule has 6 heteroatoms. The molecular formula is C14H21N3O3. The fraction of sp³-hybridized carbons (Fsp3) is 0.786. The van der Waals surface area contributed by atoms with E-state index in [0.717, 1.165) is 44.7 Å². The first kappa shape index (κ1) is 13.5. The van der Waals surface area contributed by atoms with Crippen molar-refractivity contribution >= 4 is 5.91 Å². The fourth-order valence-electron chi connectivity index (χ4n) is 2.78. The molecule has 0 spiro atoms. The third-order valence-electron chi connectivity index (χ3n) is 4.05. The van der Waals surface area contributed by atoms with Crippen LogP contribution in [0.15, 0.2) is 4.52 Å². The molecule has 0 aliphatic carbocycles. The third-order valence-corrected chi connectivity index (χ3v) is 4.05. The molecule has 3 rings (SSSR count). The van der Waals surface area contributed by atoms with Gasteiger partial charge in [0.2, 0.25) is 11.8 Å². The van der Waals surface area contributed by atoms with E-state index >= 15 is 0 Å². The summed E-state index contributed by atoms with van der Waals surface area (Å²) in [6.45, 7) is 3.00. The van der Waals surface area contributed by atoms with Crippen molar-refractivity contribution in [1.29, 1.82) is 0 Å². The van der Waals surface area contributed by atoms with Crippen molar-refractivity contribution in [3.63, 3.8) is 0 Å². The lowest BCUT2D eigenvalue weighted by molar-refractivity contribution is -0.130. The Balaban J connectivity index is 1.53. The fourth-order valence-corrected chi connectivity index (χ4v) is 2.78. The number of hydrogen-bond donors (Lipinski definition) is 0. The van der Waals surface area contributed by atoms with Gasteiger partial charge in [0.1, 0.15) is 0 Å². The Labute approximate surface area is 118 Å².